The number of phenolic OH excluding ortho intramolecular Hbond substituents is 1. The van der Waals surface area contributed by atoms with Crippen LogP contribution in [0.1, 0.15) is 31.2 Å². The van der Waals surface area contributed by atoms with Gasteiger partial charge in [0.05, 0.1) is 0 Å². The van der Waals surface area contributed by atoms with E-state index in [0.29, 0.717) is 5.75 Å². The van der Waals surface area contributed by atoms with Crippen molar-refractivity contribution < 1.29 is 5.11 Å². The topological polar surface area (TPSA) is 23.5 Å². The van der Waals surface area contributed by atoms with E-state index >= 15 is 0 Å². The highest BCUT2D eigenvalue weighted by molar-refractivity contribution is 5.27. The SMILES string of the molecule is Oc1cccc(CCCN2CCCCC2)c1. The molecule has 0 unspecified atom stereocenters. The van der Waals surface area contributed by atoms with Crippen molar-refractivity contribution >= 4 is 0 Å². The summed E-state index contributed by atoms with van der Waals surface area (Å²) in [6.45, 7) is 3.76. The van der Waals surface area contributed by atoms with Crippen molar-refractivity contribution in [2.45, 2.75) is 32.1 Å². The van der Waals surface area contributed by atoms with Crippen LogP contribution >= 0.6 is 0 Å². The molecule has 0 radical (unpaired) electrons. The second-order valence-corrected chi connectivity index (χ2v) is 4.68. The number of benzene rings is 1. The molecule has 2 heteroatoms. The van der Waals surface area contributed by atoms with Crippen LogP contribution in [-0.2, 0) is 6.42 Å². The van der Waals surface area contributed by atoms with Crippen LogP contribution in [-0.4, -0.2) is 29.6 Å². The van der Waals surface area contributed by atoms with Crippen LogP contribution in [0.3, 0.4) is 0 Å². The molecule has 16 heavy (non-hydrogen) atoms. The standard InChI is InChI=1S/C14H21NO/c16-14-8-4-6-13(12-14)7-5-11-15-9-2-1-3-10-15/h4,6,8,12,16H,1-3,5,7,9-11H2. The fraction of sp³-hybridized carbons (Fsp3) is 0.571. The molecule has 0 aromatic heterocycles. The highest BCUT2D eigenvalue weighted by Gasteiger charge is 2.08. The summed E-state index contributed by atoms with van der Waals surface area (Å²) in [5.41, 5.74) is 1.25. The molecule has 1 heterocycles. The van der Waals surface area contributed by atoms with Crippen LogP contribution in [0.2, 0.25) is 0 Å². The van der Waals surface area contributed by atoms with E-state index in [0.717, 1.165) is 6.42 Å². The Bertz CT molecular complexity index is 318. The maximum atomic E-state index is 9.35. The minimum absolute atomic E-state index is 0.385. The number of hydrogen-bond acceptors (Lipinski definition) is 2. The number of hydrogen-bond donors (Lipinski definition) is 1. The minimum atomic E-state index is 0.385. The van der Waals surface area contributed by atoms with Gasteiger partial charge in [0.25, 0.3) is 0 Å². The minimum Gasteiger partial charge on any atom is -0.508 e. The van der Waals surface area contributed by atoms with E-state index in [4.69, 9.17) is 0 Å². The van der Waals surface area contributed by atoms with Gasteiger partial charge in [0.15, 0.2) is 0 Å². The van der Waals surface area contributed by atoms with Gasteiger partial charge in [-0.25, -0.2) is 0 Å². The molecular weight excluding hydrogens is 198 g/mol. The van der Waals surface area contributed by atoms with E-state index in [2.05, 4.69) is 11.0 Å². The van der Waals surface area contributed by atoms with Crippen LogP contribution in [0.15, 0.2) is 24.3 Å². The molecule has 1 aliphatic rings. The molecule has 1 N–H and O–H groups in total. The molecule has 0 amide bonds. The Morgan fingerprint density at radius 2 is 1.94 bits per heavy atom. The lowest BCUT2D eigenvalue weighted by atomic mass is 10.1. The molecule has 1 aromatic rings. The lowest BCUT2D eigenvalue weighted by molar-refractivity contribution is 0.226. The average Bonchev–Trinajstić information content (AvgIpc) is 2.30. The van der Waals surface area contributed by atoms with Crippen molar-refractivity contribution in [1.82, 2.24) is 4.90 Å². The van der Waals surface area contributed by atoms with Gasteiger partial charge < -0.3 is 10.0 Å². The summed E-state index contributed by atoms with van der Waals surface area (Å²) in [7, 11) is 0. The van der Waals surface area contributed by atoms with Crippen LogP contribution < -0.4 is 0 Å². The van der Waals surface area contributed by atoms with Crippen LogP contribution in [0, 0.1) is 0 Å². The van der Waals surface area contributed by atoms with Gasteiger partial charge in [-0.05, 0) is 63.0 Å². The summed E-state index contributed by atoms with van der Waals surface area (Å²) in [5, 5.41) is 9.35. The Morgan fingerprint density at radius 1 is 1.12 bits per heavy atom. The molecule has 2 nitrogen and oxygen atoms in total. The normalized spacial score (nSPS) is 17.5. The molecule has 0 spiro atoms. The summed E-state index contributed by atoms with van der Waals surface area (Å²) >= 11 is 0. The number of aryl methyl sites for hydroxylation is 1. The van der Waals surface area contributed by atoms with Crippen LogP contribution in [0.4, 0.5) is 0 Å². The van der Waals surface area contributed by atoms with Crippen molar-refractivity contribution in [1.29, 1.82) is 0 Å². The highest BCUT2D eigenvalue weighted by atomic mass is 16.3. The third-order valence-corrected chi connectivity index (χ3v) is 3.30. The van der Waals surface area contributed by atoms with E-state index in [1.807, 2.05) is 12.1 Å². The van der Waals surface area contributed by atoms with E-state index in [1.165, 1.54) is 50.9 Å². The first kappa shape index (κ1) is 11.5. The van der Waals surface area contributed by atoms with Crippen molar-refractivity contribution in [2.75, 3.05) is 19.6 Å². The quantitative estimate of drug-likeness (QED) is 0.841. The number of phenols is 1. The Hall–Kier alpha value is -1.02. The number of rotatable bonds is 4. The molecule has 0 aliphatic carbocycles. The first-order valence-corrected chi connectivity index (χ1v) is 6.35. The van der Waals surface area contributed by atoms with Crippen molar-refractivity contribution in [3.05, 3.63) is 29.8 Å². The van der Waals surface area contributed by atoms with Crippen molar-refractivity contribution in [3.8, 4) is 5.75 Å². The molecule has 1 aromatic carbocycles. The number of aromatic hydroxyl groups is 1. The molecule has 0 bridgehead atoms. The molecule has 88 valence electrons. The zero-order chi connectivity index (χ0) is 11.2. The van der Waals surface area contributed by atoms with Gasteiger partial charge in [0.2, 0.25) is 0 Å². The van der Waals surface area contributed by atoms with Gasteiger partial charge in [0, 0.05) is 0 Å². The summed E-state index contributed by atoms with van der Waals surface area (Å²) in [5.74, 6) is 0.385. The van der Waals surface area contributed by atoms with Gasteiger partial charge in [-0.2, -0.15) is 0 Å². The first-order valence-electron chi connectivity index (χ1n) is 6.35. The molecule has 1 fully saturated rings. The van der Waals surface area contributed by atoms with Crippen molar-refractivity contribution in [3.63, 3.8) is 0 Å². The summed E-state index contributed by atoms with van der Waals surface area (Å²) < 4.78 is 0. The lowest BCUT2D eigenvalue weighted by Crippen LogP contribution is -2.30. The van der Waals surface area contributed by atoms with Gasteiger partial charge in [0.1, 0.15) is 5.75 Å². The Morgan fingerprint density at radius 3 is 2.69 bits per heavy atom. The van der Waals surface area contributed by atoms with E-state index in [1.54, 1.807) is 6.07 Å². The fourth-order valence-electron chi connectivity index (χ4n) is 2.40. The maximum Gasteiger partial charge on any atom is 0.115 e. The number of nitrogens with zero attached hydrogens (tertiary/aromatic N) is 1. The molecule has 1 aliphatic heterocycles. The second kappa shape index (κ2) is 5.90. The Balaban J connectivity index is 1.71. The zero-order valence-corrected chi connectivity index (χ0v) is 9.86. The predicted octanol–water partition coefficient (Wildman–Crippen LogP) is 2.81. The highest BCUT2D eigenvalue weighted by Crippen LogP contribution is 2.14. The number of likely N-dealkylation sites (tertiary alicyclic amines) is 1. The average molecular weight is 219 g/mol. The Kier molecular flexibility index (Phi) is 4.23. The first-order chi connectivity index (χ1) is 7.84. The van der Waals surface area contributed by atoms with Crippen LogP contribution in [0.5, 0.6) is 5.75 Å². The van der Waals surface area contributed by atoms with E-state index in [9.17, 15) is 5.11 Å². The monoisotopic (exact) mass is 219 g/mol. The van der Waals surface area contributed by atoms with Gasteiger partial charge in [-0.3, -0.25) is 0 Å². The third-order valence-electron chi connectivity index (χ3n) is 3.30. The van der Waals surface area contributed by atoms with Crippen LogP contribution in [0.25, 0.3) is 0 Å². The molecule has 2 rings (SSSR count). The summed E-state index contributed by atoms with van der Waals surface area (Å²) in [6, 6.07) is 7.62. The molecule has 0 saturated carbocycles. The van der Waals surface area contributed by atoms with Gasteiger partial charge in [-0.1, -0.05) is 18.6 Å². The molecular formula is C14H21NO. The molecule has 1 saturated heterocycles. The predicted molar refractivity (Wildman–Crippen MR) is 66.7 cm³/mol. The van der Waals surface area contributed by atoms with Crippen molar-refractivity contribution in [2.24, 2.45) is 0 Å². The molecule has 0 atom stereocenters. The second-order valence-electron chi connectivity index (χ2n) is 4.68. The largest absolute Gasteiger partial charge is 0.508 e. The van der Waals surface area contributed by atoms with Gasteiger partial charge in [-0.15, -0.1) is 0 Å². The summed E-state index contributed by atoms with van der Waals surface area (Å²) in [4.78, 5) is 2.56. The Labute approximate surface area is 97.9 Å². The van der Waals surface area contributed by atoms with E-state index in [-0.39, 0.29) is 0 Å². The number of piperidine rings is 1. The lowest BCUT2D eigenvalue weighted by Gasteiger charge is -2.26. The smallest absolute Gasteiger partial charge is 0.115 e. The summed E-state index contributed by atoms with van der Waals surface area (Å²) in [6.07, 6.45) is 6.41. The maximum absolute atomic E-state index is 9.35. The van der Waals surface area contributed by atoms with E-state index < -0.39 is 0 Å². The third kappa shape index (κ3) is 3.53. The van der Waals surface area contributed by atoms with Gasteiger partial charge >= 0.3 is 0 Å². The zero-order valence-electron chi connectivity index (χ0n) is 9.86. The fourth-order valence-corrected chi connectivity index (χ4v) is 2.40.